The first-order valence-corrected chi connectivity index (χ1v) is 14.6. The highest BCUT2D eigenvalue weighted by atomic mass is 35.5. The third kappa shape index (κ3) is 5.61. The Labute approximate surface area is 227 Å². The SMILES string of the molecule is Cc1cc(N2C[C@H](S(=O)(=O)c3ccccc3Cl)C[C@@H]2OC(=O)NC2(C#N)CC2)n(CCN2CCOCC2)n1. The molecule has 1 aromatic heterocycles. The minimum atomic E-state index is -3.83. The lowest BCUT2D eigenvalue weighted by atomic mass is 10.3. The number of benzene rings is 1. The van der Waals surface area contributed by atoms with Gasteiger partial charge in [0.25, 0.3) is 0 Å². The Hall–Kier alpha value is -2.85. The second-order valence-electron chi connectivity index (χ2n) is 9.99. The molecule has 5 rings (SSSR count). The van der Waals surface area contributed by atoms with Gasteiger partial charge >= 0.3 is 6.09 Å². The van der Waals surface area contributed by atoms with Crippen LogP contribution in [0.15, 0.2) is 35.2 Å². The lowest BCUT2D eigenvalue weighted by Gasteiger charge is -2.29. The maximum absolute atomic E-state index is 13.6. The minimum Gasteiger partial charge on any atom is -0.425 e. The van der Waals surface area contributed by atoms with Crippen LogP contribution in [0.2, 0.25) is 5.02 Å². The number of carbonyl (C=O) groups excluding carboxylic acids is 1. The number of aryl methyl sites for hydroxylation is 1. The number of morpholine rings is 1. The van der Waals surface area contributed by atoms with E-state index in [9.17, 15) is 18.5 Å². The molecule has 0 spiro atoms. The van der Waals surface area contributed by atoms with Gasteiger partial charge in [-0.25, -0.2) is 17.9 Å². The fourth-order valence-corrected chi connectivity index (χ4v) is 7.12. The van der Waals surface area contributed by atoms with E-state index in [-0.39, 0.29) is 22.9 Å². The number of anilines is 1. The highest BCUT2D eigenvalue weighted by molar-refractivity contribution is 7.92. The van der Waals surface area contributed by atoms with Gasteiger partial charge in [0.1, 0.15) is 11.4 Å². The molecule has 1 N–H and O–H groups in total. The van der Waals surface area contributed by atoms with E-state index < -0.39 is 32.9 Å². The normalized spacial score (nSPS) is 23.1. The number of alkyl carbamates (subject to hydrolysis) is 1. The van der Waals surface area contributed by atoms with E-state index in [2.05, 4.69) is 21.4 Å². The van der Waals surface area contributed by atoms with Gasteiger partial charge in [0.05, 0.1) is 46.7 Å². The molecular weight excluding hydrogens is 532 g/mol. The number of ether oxygens (including phenoxy) is 2. The summed E-state index contributed by atoms with van der Waals surface area (Å²) < 4.78 is 40.3. The van der Waals surface area contributed by atoms with E-state index in [1.54, 1.807) is 23.1 Å². The first kappa shape index (κ1) is 26.7. The molecule has 0 bridgehead atoms. The van der Waals surface area contributed by atoms with Crippen LogP contribution in [0, 0.1) is 18.3 Å². The van der Waals surface area contributed by atoms with Gasteiger partial charge in [0, 0.05) is 38.7 Å². The quantitative estimate of drug-likeness (QED) is 0.515. The fourth-order valence-electron chi connectivity index (χ4n) is 4.92. The van der Waals surface area contributed by atoms with E-state index in [0.29, 0.717) is 38.4 Å². The number of nitriles is 1. The average molecular weight is 563 g/mol. The summed E-state index contributed by atoms with van der Waals surface area (Å²) in [6.45, 7) is 6.35. The number of nitrogens with one attached hydrogen (secondary N) is 1. The lowest BCUT2D eigenvalue weighted by molar-refractivity contribution is 0.0359. The van der Waals surface area contributed by atoms with Crippen LogP contribution >= 0.6 is 11.6 Å². The van der Waals surface area contributed by atoms with Gasteiger partial charge in [-0.1, -0.05) is 23.7 Å². The molecule has 3 heterocycles. The molecule has 3 aliphatic rings. The number of rotatable bonds is 8. The molecule has 1 aliphatic carbocycles. The zero-order valence-electron chi connectivity index (χ0n) is 21.2. The number of hydrogen-bond acceptors (Lipinski definition) is 9. The Morgan fingerprint density at radius 2 is 2.03 bits per heavy atom. The molecule has 3 fully saturated rings. The van der Waals surface area contributed by atoms with Crippen molar-refractivity contribution < 1.29 is 22.7 Å². The molecular formula is C25H31ClN6O5S. The van der Waals surface area contributed by atoms with E-state index in [1.165, 1.54) is 6.07 Å². The van der Waals surface area contributed by atoms with Gasteiger partial charge in [-0.15, -0.1) is 0 Å². The van der Waals surface area contributed by atoms with Gasteiger partial charge in [-0.05, 0) is 31.9 Å². The van der Waals surface area contributed by atoms with E-state index >= 15 is 0 Å². The summed E-state index contributed by atoms with van der Waals surface area (Å²) in [5.41, 5.74) is -0.135. The van der Waals surface area contributed by atoms with Crippen molar-refractivity contribution in [2.75, 3.05) is 44.3 Å². The molecule has 38 heavy (non-hydrogen) atoms. The maximum Gasteiger partial charge on any atom is 0.410 e. The first-order valence-electron chi connectivity index (χ1n) is 12.7. The van der Waals surface area contributed by atoms with Crippen LogP contribution in [0.3, 0.4) is 0 Å². The summed E-state index contributed by atoms with van der Waals surface area (Å²) in [6.07, 6.45) is -0.446. The Balaban J connectivity index is 1.40. The van der Waals surface area contributed by atoms with Crippen molar-refractivity contribution >= 4 is 33.3 Å². The van der Waals surface area contributed by atoms with Crippen LogP contribution < -0.4 is 10.2 Å². The molecule has 2 aliphatic heterocycles. The van der Waals surface area contributed by atoms with Gasteiger partial charge < -0.3 is 19.7 Å². The molecule has 2 saturated heterocycles. The molecule has 1 saturated carbocycles. The summed E-state index contributed by atoms with van der Waals surface area (Å²) in [7, 11) is -3.83. The topological polar surface area (TPSA) is 130 Å². The number of aromatic nitrogens is 2. The largest absolute Gasteiger partial charge is 0.425 e. The van der Waals surface area contributed by atoms with Gasteiger partial charge in [0.2, 0.25) is 0 Å². The standard InChI is InChI=1S/C25H31ClN6O5S/c1-18-14-22(32(29-18)9-8-30-10-12-36-13-11-30)31-16-19(38(34,35)21-5-3-2-4-20(21)26)15-23(31)37-24(33)28-25(17-27)6-7-25/h2-5,14,19,23H,6-13,15-16H2,1H3,(H,28,33)/t19-,23+/m1/s1. The number of amides is 1. The van der Waals surface area contributed by atoms with Gasteiger partial charge in [0.15, 0.2) is 16.1 Å². The second-order valence-corrected chi connectivity index (χ2v) is 12.6. The van der Waals surface area contributed by atoms with Gasteiger partial charge in [-0.2, -0.15) is 10.4 Å². The Bertz CT molecular complexity index is 1330. The second kappa shape index (κ2) is 10.7. The van der Waals surface area contributed by atoms with Crippen molar-refractivity contribution in [1.82, 2.24) is 20.0 Å². The van der Waals surface area contributed by atoms with E-state index in [4.69, 9.17) is 21.1 Å². The average Bonchev–Trinajstić information content (AvgIpc) is 3.38. The van der Waals surface area contributed by atoms with E-state index in [0.717, 1.165) is 25.3 Å². The van der Waals surface area contributed by atoms with Crippen molar-refractivity contribution in [3.8, 4) is 6.07 Å². The first-order chi connectivity index (χ1) is 18.2. The molecule has 1 aromatic carbocycles. The maximum atomic E-state index is 13.6. The predicted octanol–water partition coefficient (Wildman–Crippen LogP) is 2.34. The number of nitrogens with zero attached hydrogens (tertiary/aromatic N) is 5. The molecule has 0 unspecified atom stereocenters. The molecule has 1 amide bonds. The van der Waals surface area contributed by atoms with E-state index in [1.807, 2.05) is 17.7 Å². The predicted molar refractivity (Wildman–Crippen MR) is 140 cm³/mol. The minimum absolute atomic E-state index is 0.0498. The van der Waals surface area contributed by atoms with Crippen LogP contribution in [0.1, 0.15) is 25.0 Å². The van der Waals surface area contributed by atoms with Crippen molar-refractivity contribution in [3.63, 3.8) is 0 Å². The lowest BCUT2D eigenvalue weighted by Crippen LogP contribution is -2.42. The molecule has 204 valence electrons. The molecule has 11 nitrogen and oxygen atoms in total. The molecule has 0 radical (unpaired) electrons. The fraction of sp³-hybridized carbons (Fsp3) is 0.560. The third-order valence-corrected chi connectivity index (χ3v) is 9.88. The molecule has 13 heteroatoms. The molecule has 2 aromatic rings. The Kier molecular flexibility index (Phi) is 7.55. The summed E-state index contributed by atoms with van der Waals surface area (Å²) >= 11 is 6.25. The smallest absolute Gasteiger partial charge is 0.410 e. The Morgan fingerprint density at radius 3 is 2.71 bits per heavy atom. The Morgan fingerprint density at radius 1 is 1.29 bits per heavy atom. The summed E-state index contributed by atoms with van der Waals surface area (Å²) in [6, 6.07) is 10.3. The highest BCUT2D eigenvalue weighted by Crippen LogP contribution is 2.37. The number of halogens is 1. The summed E-state index contributed by atoms with van der Waals surface area (Å²) in [4.78, 5) is 16.9. The van der Waals surface area contributed by atoms with Crippen molar-refractivity contribution in [2.24, 2.45) is 0 Å². The highest BCUT2D eigenvalue weighted by Gasteiger charge is 2.47. The number of sulfone groups is 1. The van der Waals surface area contributed by atoms with Gasteiger partial charge in [-0.3, -0.25) is 4.90 Å². The van der Waals surface area contributed by atoms with Crippen LogP contribution in [0.25, 0.3) is 0 Å². The van der Waals surface area contributed by atoms with Crippen LogP contribution in [-0.2, 0) is 25.9 Å². The summed E-state index contributed by atoms with van der Waals surface area (Å²) in [5.74, 6) is 0.673. The zero-order valence-corrected chi connectivity index (χ0v) is 22.7. The zero-order chi connectivity index (χ0) is 26.9. The third-order valence-electron chi connectivity index (χ3n) is 7.25. The van der Waals surface area contributed by atoms with Crippen molar-refractivity contribution in [1.29, 1.82) is 5.26 Å². The monoisotopic (exact) mass is 562 g/mol. The van der Waals surface area contributed by atoms with Crippen molar-refractivity contribution in [3.05, 3.63) is 41.0 Å². The number of hydrogen-bond donors (Lipinski definition) is 1. The van der Waals surface area contributed by atoms with Crippen molar-refractivity contribution in [2.45, 2.75) is 54.6 Å². The van der Waals surface area contributed by atoms with Crippen LogP contribution in [-0.4, -0.2) is 85.6 Å². The summed E-state index contributed by atoms with van der Waals surface area (Å²) in [5, 5.41) is 15.9. The number of carbonyl (C=O) groups is 1. The van der Waals surface area contributed by atoms with Crippen LogP contribution in [0.5, 0.6) is 0 Å². The van der Waals surface area contributed by atoms with Crippen LogP contribution in [0.4, 0.5) is 10.6 Å². The molecule has 2 atom stereocenters.